The summed E-state index contributed by atoms with van der Waals surface area (Å²) in [4.78, 5) is 38.1. The molecule has 2 aliphatic rings. The van der Waals surface area contributed by atoms with E-state index in [4.69, 9.17) is 16.3 Å². The third-order valence-corrected chi connectivity index (χ3v) is 7.73. The topological polar surface area (TPSA) is 89.3 Å². The number of pyridine rings is 1. The second kappa shape index (κ2) is 11.8. The van der Waals surface area contributed by atoms with Crippen molar-refractivity contribution in [2.45, 2.75) is 71.0 Å². The Bertz CT molecular complexity index is 1350. The Morgan fingerprint density at radius 2 is 2.00 bits per heavy atom. The van der Waals surface area contributed by atoms with E-state index in [0.717, 1.165) is 19.0 Å². The van der Waals surface area contributed by atoms with Gasteiger partial charge in [-0.25, -0.2) is 9.97 Å². The van der Waals surface area contributed by atoms with Crippen LogP contribution in [0.3, 0.4) is 0 Å². The molecule has 0 radical (unpaired) electrons. The highest BCUT2D eigenvalue weighted by molar-refractivity contribution is 6.30. The number of fused-ring (bicyclic) bond motifs is 1. The summed E-state index contributed by atoms with van der Waals surface area (Å²) in [6.07, 6.45) is 9.28. The van der Waals surface area contributed by atoms with E-state index in [9.17, 15) is 9.59 Å². The van der Waals surface area contributed by atoms with Crippen molar-refractivity contribution in [2.24, 2.45) is 5.92 Å². The number of benzene rings is 1. The zero-order valence-corrected chi connectivity index (χ0v) is 22.9. The Labute approximate surface area is 228 Å². The highest BCUT2D eigenvalue weighted by atomic mass is 35.5. The molecular formula is C29H36ClN5O3. The Balaban J connectivity index is 1.40. The lowest BCUT2D eigenvalue weighted by Crippen LogP contribution is -2.42. The largest absolute Gasteiger partial charge is 0.492 e. The van der Waals surface area contributed by atoms with Gasteiger partial charge in [0, 0.05) is 35.1 Å². The fourth-order valence-electron chi connectivity index (χ4n) is 5.72. The van der Waals surface area contributed by atoms with Gasteiger partial charge in [-0.15, -0.1) is 0 Å². The number of nitrogens with one attached hydrogen (secondary N) is 1. The molecule has 2 aromatic heterocycles. The molecule has 1 aliphatic carbocycles. The number of ether oxygens (including phenoxy) is 1. The van der Waals surface area contributed by atoms with Crippen molar-refractivity contribution < 1.29 is 9.53 Å². The van der Waals surface area contributed by atoms with Gasteiger partial charge < -0.3 is 10.1 Å². The van der Waals surface area contributed by atoms with Crippen LogP contribution in [0.25, 0.3) is 22.4 Å². The van der Waals surface area contributed by atoms with Gasteiger partial charge in [-0.1, -0.05) is 36.6 Å². The third-order valence-electron chi connectivity index (χ3n) is 7.50. The number of likely N-dealkylation sites (tertiary alicyclic amines) is 1. The lowest BCUT2D eigenvalue weighted by atomic mass is 9.97. The van der Waals surface area contributed by atoms with Crippen molar-refractivity contribution in [2.75, 3.05) is 19.7 Å². The van der Waals surface area contributed by atoms with E-state index in [1.54, 1.807) is 30.5 Å². The number of piperidine rings is 1. The SMILES string of the molecule is CC(C)NC(=O)Cn1c(-c2cccc(Cl)c2)nc2ncc(OCC3CCCN(C4CCCC4)C3)cc2c1=O. The first-order chi connectivity index (χ1) is 18.4. The molecular weight excluding hydrogens is 502 g/mol. The first kappa shape index (κ1) is 26.6. The summed E-state index contributed by atoms with van der Waals surface area (Å²) in [5.41, 5.74) is 0.606. The molecule has 1 amide bonds. The summed E-state index contributed by atoms with van der Waals surface area (Å²) in [7, 11) is 0. The standard InChI is InChI=1S/C29H36ClN5O3/c1-19(2)32-26(36)17-35-28(21-8-5-9-22(30)13-21)33-27-25(29(35)37)14-24(15-31-27)38-18-20-7-6-12-34(16-20)23-10-3-4-11-23/h5,8-9,13-15,19-20,23H,3-4,6-7,10-12,16-18H2,1-2H3,(H,32,36). The average Bonchev–Trinajstić information content (AvgIpc) is 3.44. The third kappa shape index (κ3) is 6.18. The van der Waals surface area contributed by atoms with Crippen LogP contribution < -0.4 is 15.6 Å². The number of carbonyl (C=O) groups excluding carboxylic acids is 1. The molecule has 1 aromatic carbocycles. The van der Waals surface area contributed by atoms with E-state index in [-0.39, 0.29) is 24.1 Å². The summed E-state index contributed by atoms with van der Waals surface area (Å²) in [5, 5.41) is 3.69. The first-order valence-electron chi connectivity index (χ1n) is 13.7. The molecule has 3 aromatic rings. The number of aromatic nitrogens is 3. The molecule has 3 heterocycles. The number of amides is 1. The monoisotopic (exact) mass is 537 g/mol. The van der Waals surface area contributed by atoms with E-state index in [1.807, 2.05) is 19.9 Å². The molecule has 1 aliphatic heterocycles. The van der Waals surface area contributed by atoms with Gasteiger partial charge >= 0.3 is 0 Å². The maximum atomic E-state index is 13.7. The molecule has 0 spiro atoms. The van der Waals surface area contributed by atoms with Crippen molar-refractivity contribution in [3.8, 4) is 17.1 Å². The van der Waals surface area contributed by atoms with E-state index >= 15 is 0 Å². The van der Waals surface area contributed by atoms with Crippen molar-refractivity contribution in [1.82, 2.24) is 24.8 Å². The van der Waals surface area contributed by atoms with Crippen LogP contribution in [-0.4, -0.2) is 57.1 Å². The van der Waals surface area contributed by atoms with Gasteiger partial charge in [-0.2, -0.15) is 0 Å². The average molecular weight is 538 g/mol. The number of hydrogen-bond donors (Lipinski definition) is 1. The van der Waals surface area contributed by atoms with Gasteiger partial charge in [0.15, 0.2) is 5.65 Å². The van der Waals surface area contributed by atoms with Crippen LogP contribution in [0.15, 0.2) is 41.3 Å². The highest BCUT2D eigenvalue weighted by Gasteiger charge is 2.28. The summed E-state index contributed by atoms with van der Waals surface area (Å²) in [6.45, 7) is 6.44. The van der Waals surface area contributed by atoms with Crippen LogP contribution >= 0.6 is 11.6 Å². The van der Waals surface area contributed by atoms with Gasteiger partial charge in [-0.3, -0.25) is 19.1 Å². The van der Waals surface area contributed by atoms with Crippen LogP contribution in [0.1, 0.15) is 52.4 Å². The quantitative estimate of drug-likeness (QED) is 0.449. The van der Waals surface area contributed by atoms with Gasteiger partial charge in [0.25, 0.3) is 5.56 Å². The van der Waals surface area contributed by atoms with E-state index < -0.39 is 0 Å². The minimum Gasteiger partial charge on any atom is -0.492 e. The fourth-order valence-corrected chi connectivity index (χ4v) is 5.91. The highest BCUT2D eigenvalue weighted by Crippen LogP contribution is 2.29. The summed E-state index contributed by atoms with van der Waals surface area (Å²) in [6, 6.07) is 9.46. The zero-order valence-electron chi connectivity index (χ0n) is 22.2. The first-order valence-corrected chi connectivity index (χ1v) is 14.1. The van der Waals surface area contributed by atoms with Crippen LogP contribution in [0.4, 0.5) is 0 Å². The predicted octanol–water partition coefficient (Wildman–Crippen LogP) is 4.67. The number of hydrogen-bond acceptors (Lipinski definition) is 6. The Kier molecular flexibility index (Phi) is 8.29. The van der Waals surface area contributed by atoms with E-state index in [1.165, 1.54) is 43.2 Å². The molecule has 38 heavy (non-hydrogen) atoms. The number of rotatable bonds is 8. The molecule has 202 valence electrons. The lowest BCUT2D eigenvalue weighted by Gasteiger charge is -2.36. The maximum absolute atomic E-state index is 13.7. The van der Waals surface area contributed by atoms with Gasteiger partial charge in [0.2, 0.25) is 5.91 Å². The minimum atomic E-state index is -0.341. The van der Waals surface area contributed by atoms with Crippen LogP contribution in [0.5, 0.6) is 5.75 Å². The number of carbonyl (C=O) groups is 1. The number of nitrogens with zero attached hydrogens (tertiary/aromatic N) is 4. The van der Waals surface area contributed by atoms with Crippen LogP contribution in [0.2, 0.25) is 5.02 Å². The molecule has 1 saturated heterocycles. The Morgan fingerprint density at radius 1 is 1.18 bits per heavy atom. The number of halogens is 1. The van der Waals surface area contributed by atoms with Gasteiger partial charge in [-0.05, 0) is 64.3 Å². The molecule has 2 fully saturated rings. The molecule has 5 rings (SSSR count). The summed E-state index contributed by atoms with van der Waals surface area (Å²) < 4.78 is 7.55. The van der Waals surface area contributed by atoms with Crippen molar-refractivity contribution in [1.29, 1.82) is 0 Å². The Morgan fingerprint density at radius 3 is 2.76 bits per heavy atom. The lowest BCUT2D eigenvalue weighted by molar-refractivity contribution is -0.122. The minimum absolute atomic E-state index is 0.0488. The normalized spacial score (nSPS) is 18.8. The molecule has 8 nitrogen and oxygen atoms in total. The maximum Gasteiger partial charge on any atom is 0.263 e. The Hall–Kier alpha value is -2.97. The van der Waals surface area contributed by atoms with E-state index in [2.05, 4.69) is 20.2 Å². The molecule has 1 saturated carbocycles. The summed E-state index contributed by atoms with van der Waals surface area (Å²) >= 11 is 6.22. The van der Waals surface area contributed by atoms with Crippen LogP contribution in [-0.2, 0) is 11.3 Å². The predicted molar refractivity (Wildman–Crippen MR) is 150 cm³/mol. The zero-order chi connectivity index (χ0) is 26.6. The van der Waals surface area contributed by atoms with Crippen molar-refractivity contribution in [3.63, 3.8) is 0 Å². The summed E-state index contributed by atoms with van der Waals surface area (Å²) in [5.74, 6) is 1.08. The molecule has 1 unspecified atom stereocenters. The van der Waals surface area contributed by atoms with Crippen LogP contribution in [0, 0.1) is 5.92 Å². The van der Waals surface area contributed by atoms with Gasteiger partial charge in [0.05, 0.1) is 18.2 Å². The molecule has 1 N–H and O–H groups in total. The second-order valence-electron chi connectivity index (χ2n) is 10.9. The smallest absolute Gasteiger partial charge is 0.263 e. The fraction of sp³-hybridized carbons (Fsp3) is 0.517. The molecule has 1 atom stereocenters. The second-order valence-corrected chi connectivity index (χ2v) is 11.3. The molecule has 9 heteroatoms. The molecule has 0 bridgehead atoms. The van der Waals surface area contributed by atoms with Crippen molar-refractivity contribution >= 4 is 28.5 Å². The van der Waals surface area contributed by atoms with E-state index in [0.29, 0.717) is 45.7 Å². The van der Waals surface area contributed by atoms with Crippen molar-refractivity contribution in [3.05, 3.63) is 51.9 Å². The van der Waals surface area contributed by atoms with Gasteiger partial charge in [0.1, 0.15) is 18.1 Å².